The zero-order chi connectivity index (χ0) is 76.0. The summed E-state index contributed by atoms with van der Waals surface area (Å²) in [5.74, 6) is 1.02. The zero-order valence-electron chi connectivity index (χ0n) is 68.0. The van der Waals surface area contributed by atoms with E-state index in [4.69, 9.17) is 37.0 Å². The average molecular weight is 1510 g/mol. The van der Waals surface area contributed by atoms with Gasteiger partial charge < -0.3 is 33.8 Å². The van der Waals surface area contributed by atoms with Gasteiger partial charge in [-0.3, -0.25) is 37.3 Å². The highest BCUT2D eigenvalue weighted by atomic mass is 31.2. The monoisotopic (exact) mass is 1510 g/mol. The molecule has 0 saturated heterocycles. The highest BCUT2D eigenvalue weighted by Gasteiger charge is 2.30. The number of unbranched alkanes of at least 4 members (excludes halogenated alkanes) is 46. The summed E-state index contributed by atoms with van der Waals surface area (Å²) in [7, 11) is -9.93. The lowest BCUT2D eigenvalue weighted by molar-refractivity contribution is -0.161. The van der Waals surface area contributed by atoms with Gasteiger partial charge >= 0.3 is 39.5 Å². The van der Waals surface area contributed by atoms with Gasteiger partial charge in [0.1, 0.15) is 19.3 Å². The van der Waals surface area contributed by atoms with E-state index in [1.54, 1.807) is 0 Å². The van der Waals surface area contributed by atoms with E-state index in [9.17, 15) is 43.2 Å². The molecule has 17 nitrogen and oxygen atoms in total. The van der Waals surface area contributed by atoms with Crippen molar-refractivity contribution in [2.24, 2.45) is 23.7 Å². The van der Waals surface area contributed by atoms with Crippen LogP contribution in [0.1, 0.15) is 434 Å². The predicted molar refractivity (Wildman–Crippen MR) is 423 cm³/mol. The molecule has 19 heteroatoms. The van der Waals surface area contributed by atoms with E-state index >= 15 is 0 Å². The van der Waals surface area contributed by atoms with Crippen LogP contribution in [0.15, 0.2) is 0 Å². The molecule has 0 radical (unpaired) electrons. The van der Waals surface area contributed by atoms with E-state index in [2.05, 4.69) is 55.4 Å². The second-order valence-corrected chi connectivity index (χ2v) is 34.8. The number of aliphatic hydroxyl groups excluding tert-OH is 1. The van der Waals surface area contributed by atoms with Crippen molar-refractivity contribution >= 4 is 39.5 Å². The molecule has 0 aromatic heterocycles. The third-order valence-electron chi connectivity index (χ3n) is 19.9. The summed E-state index contributed by atoms with van der Waals surface area (Å²) >= 11 is 0. The highest BCUT2D eigenvalue weighted by Crippen LogP contribution is 2.45. The molecule has 0 fully saturated rings. The minimum absolute atomic E-state index is 0.106. The van der Waals surface area contributed by atoms with E-state index in [-0.39, 0.29) is 25.7 Å². The van der Waals surface area contributed by atoms with Crippen LogP contribution < -0.4 is 0 Å². The minimum Gasteiger partial charge on any atom is -0.462 e. The van der Waals surface area contributed by atoms with Crippen molar-refractivity contribution in [1.29, 1.82) is 0 Å². The average Bonchev–Trinajstić information content (AvgIpc) is 0.919. The van der Waals surface area contributed by atoms with E-state index in [0.717, 1.165) is 114 Å². The van der Waals surface area contributed by atoms with Crippen LogP contribution in [0.4, 0.5) is 0 Å². The number of hydrogen-bond donors (Lipinski definition) is 3. The van der Waals surface area contributed by atoms with Crippen molar-refractivity contribution in [3.8, 4) is 0 Å². The summed E-state index contributed by atoms with van der Waals surface area (Å²) in [6.45, 7) is 14.3. The molecule has 0 aromatic rings. The molecule has 0 spiro atoms. The predicted octanol–water partition coefficient (Wildman–Crippen LogP) is 25.2. The van der Waals surface area contributed by atoms with Crippen LogP contribution in [0.5, 0.6) is 0 Å². The maximum atomic E-state index is 13.1. The van der Waals surface area contributed by atoms with Gasteiger partial charge in [0.2, 0.25) is 0 Å². The molecule has 0 aromatic carbocycles. The van der Waals surface area contributed by atoms with Crippen molar-refractivity contribution < 1.29 is 80.2 Å². The number of ether oxygens (including phenoxy) is 4. The topological polar surface area (TPSA) is 237 Å². The van der Waals surface area contributed by atoms with Crippen LogP contribution in [-0.2, 0) is 65.4 Å². The number of hydrogen-bond acceptors (Lipinski definition) is 15. The molecule has 0 aliphatic carbocycles. The van der Waals surface area contributed by atoms with Crippen molar-refractivity contribution in [3.05, 3.63) is 0 Å². The normalized spacial score (nSPS) is 14.2. The number of esters is 4. The molecular weight excluding hydrogens is 1340 g/mol. The third-order valence-corrected chi connectivity index (χ3v) is 21.8. The molecule has 6 atom stereocenters. The summed E-state index contributed by atoms with van der Waals surface area (Å²) in [5, 5.41) is 10.7. The molecule has 3 N–H and O–H groups in total. The molecule has 103 heavy (non-hydrogen) atoms. The van der Waals surface area contributed by atoms with E-state index in [1.807, 2.05) is 0 Å². The summed E-state index contributed by atoms with van der Waals surface area (Å²) in [6, 6.07) is 0. The van der Waals surface area contributed by atoms with Crippen LogP contribution in [0.25, 0.3) is 0 Å². The fraction of sp³-hybridized carbons (Fsp3) is 0.952. The summed E-state index contributed by atoms with van der Waals surface area (Å²) in [6.07, 6.45) is 61.2. The number of phosphoric acid groups is 2. The fourth-order valence-corrected chi connectivity index (χ4v) is 14.5. The molecular formula is C84H164O17P2. The molecule has 612 valence electrons. The Morgan fingerprint density at radius 3 is 0.689 bits per heavy atom. The summed E-state index contributed by atoms with van der Waals surface area (Å²) < 4.78 is 68.8. The Hall–Kier alpha value is -1.94. The molecule has 0 aliphatic rings. The first-order valence-electron chi connectivity index (χ1n) is 43.2. The molecule has 4 unspecified atom stereocenters. The van der Waals surface area contributed by atoms with Gasteiger partial charge in [-0.15, -0.1) is 0 Å². The molecule has 0 amide bonds. The van der Waals surface area contributed by atoms with Crippen LogP contribution in [0.2, 0.25) is 0 Å². The van der Waals surface area contributed by atoms with E-state index < -0.39 is 97.5 Å². The first kappa shape index (κ1) is 101. The van der Waals surface area contributed by atoms with Crippen LogP contribution in [0, 0.1) is 23.7 Å². The van der Waals surface area contributed by atoms with Crippen molar-refractivity contribution in [1.82, 2.24) is 0 Å². The van der Waals surface area contributed by atoms with Crippen molar-refractivity contribution in [3.63, 3.8) is 0 Å². The smallest absolute Gasteiger partial charge is 0.462 e. The Labute approximate surface area is 632 Å². The first-order valence-corrected chi connectivity index (χ1v) is 46.2. The van der Waals surface area contributed by atoms with Gasteiger partial charge in [-0.05, 0) is 49.4 Å². The Kier molecular flexibility index (Phi) is 71.5. The Bertz CT molecular complexity index is 2010. The largest absolute Gasteiger partial charge is 0.472 e. The van der Waals surface area contributed by atoms with Gasteiger partial charge in [0.05, 0.1) is 26.4 Å². The number of carbonyl (C=O) groups excluding carboxylic acids is 4. The summed E-state index contributed by atoms with van der Waals surface area (Å²) in [4.78, 5) is 73.1. The van der Waals surface area contributed by atoms with Gasteiger partial charge in [0.25, 0.3) is 0 Å². The number of carbonyl (C=O) groups is 4. The minimum atomic E-state index is -4.96. The molecule has 0 heterocycles. The van der Waals surface area contributed by atoms with Crippen molar-refractivity contribution in [2.45, 2.75) is 453 Å². The van der Waals surface area contributed by atoms with Gasteiger partial charge in [-0.1, -0.05) is 383 Å². The molecule has 0 rings (SSSR count). The SMILES string of the molecule is CCC(C)CCCCCCCCCCCCC(=O)O[C@H](COC(=O)CCCCCCCCCCCCCCCCCCCCC(C)C)COP(=O)(O)OCC(O)COP(=O)(O)OC[C@@H](COC(=O)CCCCCCCCCC(C)C)OC(=O)CCCCCCCCCCCCCCCCCC(C)C. The van der Waals surface area contributed by atoms with Gasteiger partial charge in [-0.25, -0.2) is 9.13 Å². The number of phosphoric ester groups is 2. The zero-order valence-corrected chi connectivity index (χ0v) is 69.7. The van der Waals surface area contributed by atoms with Gasteiger partial charge in [0, 0.05) is 25.7 Å². The summed E-state index contributed by atoms with van der Waals surface area (Å²) in [5.41, 5.74) is 0. The standard InChI is InChI=1S/C84H164O17P2/c1-9-77(8)63-55-47-39-31-27-28-34-42-51-59-67-84(89)100-79(70-94-81(86)64-56-48-40-32-25-21-17-13-11-10-12-15-19-23-29-36-44-52-60-74(2)3)72-98-102(90,91)96-68-78(85)69-97-103(92,93)99-73-80(71-95-82(87)65-57-49-43-35-38-46-54-62-76(6)7)101-83(88)66-58-50-41-33-26-22-18-14-16-20-24-30-37-45-53-61-75(4)5/h74-80,85H,9-73H2,1-8H3,(H,90,91)(H,92,93)/t77?,78?,79-,80-/m1/s1. The van der Waals surface area contributed by atoms with Crippen LogP contribution >= 0.6 is 15.6 Å². The van der Waals surface area contributed by atoms with Gasteiger partial charge in [-0.2, -0.15) is 0 Å². The lowest BCUT2D eigenvalue weighted by Crippen LogP contribution is -2.30. The third kappa shape index (κ3) is 76.6. The molecule has 0 aliphatic heterocycles. The van der Waals surface area contributed by atoms with Crippen LogP contribution in [-0.4, -0.2) is 96.7 Å². The molecule has 0 bridgehead atoms. The fourth-order valence-electron chi connectivity index (χ4n) is 12.9. The lowest BCUT2D eigenvalue weighted by Gasteiger charge is -2.21. The lowest BCUT2D eigenvalue weighted by atomic mass is 9.99. The Morgan fingerprint density at radius 2 is 0.466 bits per heavy atom. The maximum absolute atomic E-state index is 13.1. The first-order chi connectivity index (χ1) is 49.6. The highest BCUT2D eigenvalue weighted by molar-refractivity contribution is 7.47. The maximum Gasteiger partial charge on any atom is 0.472 e. The van der Waals surface area contributed by atoms with Gasteiger partial charge in [0.15, 0.2) is 12.2 Å². The van der Waals surface area contributed by atoms with E-state index in [0.29, 0.717) is 31.6 Å². The number of aliphatic hydroxyl groups is 1. The Morgan fingerprint density at radius 1 is 0.272 bits per heavy atom. The van der Waals surface area contributed by atoms with E-state index in [1.165, 1.54) is 231 Å². The number of rotatable bonds is 81. The van der Waals surface area contributed by atoms with Crippen LogP contribution in [0.3, 0.4) is 0 Å². The quantitative estimate of drug-likeness (QED) is 0.0222. The second-order valence-electron chi connectivity index (χ2n) is 31.9. The van der Waals surface area contributed by atoms with Crippen molar-refractivity contribution in [2.75, 3.05) is 39.6 Å². The Balaban J connectivity index is 5.20. The molecule has 0 saturated carbocycles. The second kappa shape index (κ2) is 72.9.